The van der Waals surface area contributed by atoms with Gasteiger partial charge in [0.2, 0.25) is 16.8 Å². The summed E-state index contributed by atoms with van der Waals surface area (Å²) in [6, 6.07) is 10.7. The van der Waals surface area contributed by atoms with Gasteiger partial charge in [-0.1, -0.05) is 0 Å². The molecule has 0 aliphatic carbocycles. The van der Waals surface area contributed by atoms with Gasteiger partial charge in [0, 0.05) is 18.3 Å². The molecule has 2 N–H and O–H groups in total. The van der Waals surface area contributed by atoms with Crippen LogP contribution in [0.25, 0.3) is 0 Å². The lowest BCUT2D eigenvalue weighted by Gasteiger charge is -2.14. The van der Waals surface area contributed by atoms with Crippen LogP contribution in [-0.2, 0) is 24.3 Å². The maximum Gasteiger partial charge on any atom is 0.307 e. The van der Waals surface area contributed by atoms with Crippen LogP contribution in [0.1, 0.15) is 13.3 Å². The van der Waals surface area contributed by atoms with Crippen molar-refractivity contribution in [1.29, 1.82) is 0 Å². The average Bonchev–Trinajstić information content (AvgIpc) is 3.21. The van der Waals surface area contributed by atoms with E-state index in [1.165, 1.54) is 38.3 Å². The van der Waals surface area contributed by atoms with Crippen LogP contribution < -0.4 is 24.2 Å². The molecular formula is C20H22N2O8S. The van der Waals surface area contributed by atoms with Crippen LogP contribution in [0.15, 0.2) is 47.4 Å². The number of esters is 1. The molecule has 3 rings (SSSR count). The molecule has 1 amide bonds. The van der Waals surface area contributed by atoms with Gasteiger partial charge in [-0.05, 0) is 43.3 Å². The summed E-state index contributed by atoms with van der Waals surface area (Å²) in [5.74, 6) is 0.355. The molecule has 1 aliphatic heterocycles. The lowest BCUT2D eigenvalue weighted by molar-refractivity contribution is -0.152. The van der Waals surface area contributed by atoms with Gasteiger partial charge in [-0.3, -0.25) is 9.59 Å². The van der Waals surface area contributed by atoms with E-state index in [1.54, 1.807) is 18.2 Å². The summed E-state index contributed by atoms with van der Waals surface area (Å²) >= 11 is 0. The molecule has 0 radical (unpaired) electrons. The third-order valence-corrected chi connectivity index (χ3v) is 5.79. The fourth-order valence-electron chi connectivity index (χ4n) is 2.65. The van der Waals surface area contributed by atoms with E-state index in [2.05, 4.69) is 10.0 Å². The Morgan fingerprint density at radius 3 is 2.52 bits per heavy atom. The minimum atomic E-state index is -3.79. The van der Waals surface area contributed by atoms with Crippen molar-refractivity contribution in [1.82, 2.24) is 4.72 Å². The lowest BCUT2D eigenvalue weighted by Crippen LogP contribution is -2.32. The van der Waals surface area contributed by atoms with E-state index in [-0.39, 0.29) is 24.7 Å². The molecular weight excluding hydrogens is 428 g/mol. The first-order chi connectivity index (χ1) is 14.8. The molecule has 2 aromatic rings. The normalized spacial score (nSPS) is 13.4. The Kier molecular flexibility index (Phi) is 6.98. The minimum Gasteiger partial charge on any atom is -0.497 e. The predicted molar refractivity (Wildman–Crippen MR) is 110 cm³/mol. The van der Waals surface area contributed by atoms with Gasteiger partial charge >= 0.3 is 5.97 Å². The molecule has 1 aliphatic rings. The van der Waals surface area contributed by atoms with Gasteiger partial charge in [0.15, 0.2) is 17.6 Å². The first-order valence-electron chi connectivity index (χ1n) is 9.32. The molecule has 11 heteroatoms. The highest BCUT2D eigenvalue weighted by Crippen LogP contribution is 2.34. The summed E-state index contributed by atoms with van der Waals surface area (Å²) in [4.78, 5) is 24.3. The number of amides is 1. The topological polar surface area (TPSA) is 129 Å². The Hall–Kier alpha value is -3.31. The number of nitrogens with one attached hydrogen (secondary N) is 2. The molecule has 0 spiro atoms. The Balaban J connectivity index is 1.44. The molecule has 0 bridgehead atoms. The van der Waals surface area contributed by atoms with Crippen LogP contribution in [0.4, 0.5) is 5.69 Å². The zero-order valence-corrected chi connectivity index (χ0v) is 17.7. The average molecular weight is 450 g/mol. The number of hydrogen-bond acceptors (Lipinski definition) is 8. The molecule has 0 saturated heterocycles. The number of fused-ring (bicyclic) bond motifs is 1. The summed E-state index contributed by atoms with van der Waals surface area (Å²) < 4.78 is 47.3. The van der Waals surface area contributed by atoms with E-state index in [0.717, 1.165) is 0 Å². The molecule has 0 aromatic heterocycles. The number of ether oxygens (including phenoxy) is 4. The Morgan fingerprint density at radius 1 is 1.10 bits per heavy atom. The second-order valence-corrected chi connectivity index (χ2v) is 8.28. The van der Waals surface area contributed by atoms with Crippen molar-refractivity contribution in [3.63, 3.8) is 0 Å². The largest absolute Gasteiger partial charge is 0.497 e. The molecule has 0 fully saturated rings. The summed E-state index contributed by atoms with van der Waals surface area (Å²) in [6.45, 7) is 1.36. The summed E-state index contributed by atoms with van der Waals surface area (Å²) in [6.07, 6.45) is -1.31. The van der Waals surface area contributed by atoms with Gasteiger partial charge in [-0.25, -0.2) is 13.1 Å². The van der Waals surface area contributed by atoms with Crippen molar-refractivity contribution in [2.24, 2.45) is 0 Å². The number of anilines is 1. The van der Waals surface area contributed by atoms with E-state index < -0.39 is 28.0 Å². The third kappa shape index (κ3) is 5.86. The van der Waals surface area contributed by atoms with E-state index in [1.807, 2.05) is 0 Å². The van der Waals surface area contributed by atoms with E-state index in [4.69, 9.17) is 18.9 Å². The van der Waals surface area contributed by atoms with E-state index >= 15 is 0 Å². The fraction of sp³-hybridized carbons (Fsp3) is 0.300. The predicted octanol–water partition coefficient (Wildman–Crippen LogP) is 1.66. The zero-order valence-electron chi connectivity index (χ0n) is 16.9. The van der Waals surface area contributed by atoms with Gasteiger partial charge in [-0.15, -0.1) is 0 Å². The molecule has 1 atom stereocenters. The van der Waals surface area contributed by atoms with Crippen molar-refractivity contribution in [2.75, 3.05) is 25.8 Å². The van der Waals surface area contributed by atoms with Gasteiger partial charge in [0.25, 0.3) is 5.91 Å². The van der Waals surface area contributed by atoms with Crippen molar-refractivity contribution in [3.8, 4) is 17.2 Å². The van der Waals surface area contributed by atoms with Crippen LogP contribution in [0.2, 0.25) is 0 Å². The second kappa shape index (κ2) is 9.67. The SMILES string of the molecule is COc1ccc(S(=O)(=O)NCCC(=O)OC(C)C(=O)Nc2ccc3c(c2)OCO3)cc1. The summed E-state index contributed by atoms with van der Waals surface area (Å²) in [7, 11) is -2.31. The smallest absolute Gasteiger partial charge is 0.307 e. The van der Waals surface area contributed by atoms with Crippen LogP contribution in [0.5, 0.6) is 17.2 Å². The van der Waals surface area contributed by atoms with Crippen molar-refractivity contribution in [2.45, 2.75) is 24.3 Å². The molecule has 10 nitrogen and oxygen atoms in total. The fourth-order valence-corrected chi connectivity index (χ4v) is 3.69. The molecule has 1 heterocycles. The summed E-state index contributed by atoms with van der Waals surface area (Å²) in [5.41, 5.74) is 0.462. The van der Waals surface area contributed by atoms with Crippen LogP contribution in [-0.4, -0.2) is 46.8 Å². The monoisotopic (exact) mass is 450 g/mol. The van der Waals surface area contributed by atoms with Gasteiger partial charge < -0.3 is 24.3 Å². The molecule has 0 saturated carbocycles. The number of sulfonamides is 1. The standard InChI is InChI=1S/C20H22N2O8S/c1-13(20(24)22-14-3-8-17-18(11-14)29-12-28-17)30-19(23)9-10-21-31(25,26)16-6-4-15(27-2)5-7-16/h3-8,11,13,21H,9-10,12H2,1-2H3,(H,22,24). The summed E-state index contributed by atoms with van der Waals surface area (Å²) in [5, 5.41) is 2.61. The van der Waals surface area contributed by atoms with Crippen molar-refractivity contribution < 1.29 is 37.0 Å². The number of benzene rings is 2. The molecule has 2 aromatic carbocycles. The van der Waals surface area contributed by atoms with E-state index in [9.17, 15) is 18.0 Å². The third-order valence-electron chi connectivity index (χ3n) is 4.31. The first kappa shape index (κ1) is 22.4. The number of carbonyl (C=O) groups is 2. The Bertz CT molecular complexity index is 1050. The van der Waals surface area contributed by atoms with Gasteiger partial charge in [0.1, 0.15) is 5.75 Å². The van der Waals surface area contributed by atoms with Gasteiger partial charge in [0.05, 0.1) is 18.4 Å². The first-order valence-corrected chi connectivity index (χ1v) is 10.8. The Labute approximate surface area is 179 Å². The Morgan fingerprint density at radius 2 is 1.81 bits per heavy atom. The highest BCUT2D eigenvalue weighted by atomic mass is 32.2. The van der Waals surface area contributed by atoms with Crippen LogP contribution in [0, 0.1) is 0 Å². The molecule has 166 valence electrons. The number of methoxy groups -OCH3 is 1. The molecule has 31 heavy (non-hydrogen) atoms. The van der Waals surface area contributed by atoms with Crippen molar-refractivity contribution >= 4 is 27.6 Å². The lowest BCUT2D eigenvalue weighted by atomic mass is 10.2. The molecule has 1 unspecified atom stereocenters. The van der Waals surface area contributed by atoms with Crippen LogP contribution in [0.3, 0.4) is 0 Å². The highest BCUT2D eigenvalue weighted by molar-refractivity contribution is 7.89. The second-order valence-electron chi connectivity index (χ2n) is 6.51. The quantitative estimate of drug-likeness (QED) is 0.552. The van der Waals surface area contributed by atoms with Crippen molar-refractivity contribution in [3.05, 3.63) is 42.5 Å². The highest BCUT2D eigenvalue weighted by Gasteiger charge is 2.20. The van der Waals surface area contributed by atoms with Gasteiger partial charge in [-0.2, -0.15) is 0 Å². The minimum absolute atomic E-state index is 0.0399. The number of hydrogen-bond donors (Lipinski definition) is 2. The number of rotatable bonds is 9. The maximum absolute atomic E-state index is 12.2. The van der Waals surface area contributed by atoms with Crippen LogP contribution >= 0.6 is 0 Å². The zero-order chi connectivity index (χ0) is 22.4. The number of carbonyl (C=O) groups excluding carboxylic acids is 2. The maximum atomic E-state index is 12.2. The van der Waals surface area contributed by atoms with E-state index in [0.29, 0.717) is 22.9 Å².